The van der Waals surface area contributed by atoms with Gasteiger partial charge in [-0.15, -0.1) is 0 Å². The first kappa shape index (κ1) is 35.3. The van der Waals surface area contributed by atoms with E-state index >= 15 is 0 Å². The van der Waals surface area contributed by atoms with E-state index in [2.05, 4.69) is 59.1 Å². The topological polar surface area (TPSA) is 109 Å². The van der Waals surface area contributed by atoms with E-state index < -0.39 is 16.6 Å². The summed E-state index contributed by atoms with van der Waals surface area (Å²) in [6, 6.07) is 10.7. The number of piperidine rings is 2. The zero-order valence-corrected chi connectivity index (χ0v) is 31.7. The highest BCUT2D eigenvalue weighted by Crippen LogP contribution is 2.52. The lowest BCUT2D eigenvalue weighted by molar-refractivity contribution is -0.149. The smallest absolute Gasteiger partial charge is 0.238 e. The molecule has 7 heterocycles. The summed E-state index contributed by atoms with van der Waals surface area (Å²) in [5.41, 5.74) is 4.31. The summed E-state index contributed by atoms with van der Waals surface area (Å²) in [5, 5.41) is 3.24. The van der Waals surface area contributed by atoms with Crippen LogP contribution in [-0.4, -0.2) is 92.6 Å². The van der Waals surface area contributed by atoms with Gasteiger partial charge in [-0.05, 0) is 102 Å². The highest BCUT2D eigenvalue weighted by molar-refractivity contribution is 6.09. The third-order valence-electron chi connectivity index (χ3n) is 13.2. The van der Waals surface area contributed by atoms with E-state index in [1.807, 2.05) is 15.5 Å². The van der Waals surface area contributed by atoms with Crippen LogP contribution >= 0.6 is 0 Å². The highest BCUT2D eigenvalue weighted by atomic mass is 19.1. The molecular formula is C42H51FN8O3. The van der Waals surface area contributed by atoms with Gasteiger partial charge in [-0.25, -0.2) is 14.4 Å². The second-order valence-electron chi connectivity index (χ2n) is 16.8. The number of nitrogens with zero attached hydrogens (tertiary/aromatic N) is 7. The van der Waals surface area contributed by atoms with E-state index in [9.17, 15) is 14.0 Å². The fraction of sp³-hybridized carbons (Fsp3) is 0.548. The van der Waals surface area contributed by atoms with Crippen LogP contribution in [0.15, 0.2) is 49.1 Å². The molecule has 1 aliphatic carbocycles. The van der Waals surface area contributed by atoms with Crippen molar-refractivity contribution in [3.63, 3.8) is 0 Å². The Bertz CT molecular complexity index is 2070. The van der Waals surface area contributed by atoms with Crippen molar-refractivity contribution >= 4 is 40.0 Å². The Morgan fingerprint density at radius 2 is 1.74 bits per heavy atom. The molecule has 0 bridgehead atoms. The fourth-order valence-electron chi connectivity index (χ4n) is 9.75. The van der Waals surface area contributed by atoms with Crippen molar-refractivity contribution in [3.05, 3.63) is 60.4 Å². The quantitative estimate of drug-likeness (QED) is 0.217. The zero-order chi connectivity index (χ0) is 37.2. The number of carbonyl (C=O) groups is 2. The first-order valence-corrected chi connectivity index (χ1v) is 20.0. The number of hydrogen-bond donors (Lipinski definition) is 1. The molecule has 0 radical (unpaired) electrons. The molecule has 11 nitrogen and oxygen atoms in total. The van der Waals surface area contributed by atoms with Crippen LogP contribution < -0.4 is 10.2 Å². The maximum atomic E-state index is 15.0. The van der Waals surface area contributed by atoms with Gasteiger partial charge in [-0.3, -0.25) is 14.6 Å². The van der Waals surface area contributed by atoms with E-state index in [1.54, 1.807) is 18.6 Å². The van der Waals surface area contributed by atoms with Gasteiger partial charge in [-0.2, -0.15) is 0 Å². The van der Waals surface area contributed by atoms with Gasteiger partial charge in [0.1, 0.15) is 5.52 Å². The highest BCUT2D eigenvalue weighted by Gasteiger charge is 2.56. The van der Waals surface area contributed by atoms with Gasteiger partial charge < -0.3 is 29.3 Å². The average Bonchev–Trinajstić information content (AvgIpc) is 3.70. The van der Waals surface area contributed by atoms with Crippen LogP contribution in [0.25, 0.3) is 22.3 Å². The molecule has 2 amide bonds. The molecule has 3 saturated heterocycles. The van der Waals surface area contributed by atoms with Gasteiger partial charge >= 0.3 is 0 Å². The number of nitrogens with one attached hydrogen (secondary N) is 1. The Kier molecular flexibility index (Phi) is 8.96. The number of ether oxygens (including phenoxy) is 1. The van der Waals surface area contributed by atoms with Crippen molar-refractivity contribution in [2.45, 2.75) is 102 Å². The lowest BCUT2D eigenvalue weighted by atomic mass is 9.72. The number of likely N-dealkylation sites (tertiary alicyclic amines) is 2. The molecule has 0 atom stereocenters. The molecule has 54 heavy (non-hydrogen) atoms. The maximum Gasteiger partial charge on any atom is 0.238 e. The molecule has 4 aromatic rings. The standard InChI is InChI=1S/C42H51FN8O3/c1-27(2)50-26-45-35-24-34(47-38(37(35)50)46-33-9-14-44-25-32(33)43)28-7-8-31-36(21-28)51(30-22-29(23-30)48-15-5-4-6-16-48)40(53)42(31)10-17-49(18-11-42)39(52)41(3)12-19-54-20-13-41/h7-9,14,21,24-27,29-30H,4-6,10-13,15-20,22-23H2,1-3H3,(H,44,46,47)/t29-,30+. The zero-order valence-electron chi connectivity index (χ0n) is 31.7. The molecule has 1 spiro atoms. The molecular weight excluding hydrogens is 684 g/mol. The minimum absolute atomic E-state index is 0.110. The van der Waals surface area contributed by atoms with Gasteiger partial charge in [0.2, 0.25) is 11.8 Å². The summed E-state index contributed by atoms with van der Waals surface area (Å²) in [6.45, 7) is 10.9. The minimum atomic E-state index is -0.670. The molecule has 4 aliphatic heterocycles. The molecule has 1 saturated carbocycles. The van der Waals surface area contributed by atoms with E-state index in [0.29, 0.717) is 56.7 Å². The number of carbonyl (C=O) groups excluding carboxylic acids is 2. The van der Waals surface area contributed by atoms with Crippen LogP contribution in [0, 0.1) is 11.2 Å². The van der Waals surface area contributed by atoms with Crippen molar-refractivity contribution in [3.8, 4) is 11.3 Å². The molecule has 12 heteroatoms. The summed E-state index contributed by atoms with van der Waals surface area (Å²) in [6.07, 6.45) is 13.0. The summed E-state index contributed by atoms with van der Waals surface area (Å²) in [7, 11) is 0. The number of benzene rings is 1. The first-order chi connectivity index (χ1) is 26.1. The third kappa shape index (κ3) is 5.87. The Hall–Kier alpha value is -4.42. The molecule has 5 aliphatic rings. The Labute approximate surface area is 316 Å². The monoisotopic (exact) mass is 734 g/mol. The number of anilines is 3. The summed E-state index contributed by atoms with van der Waals surface area (Å²) in [5.74, 6) is 0.404. The average molecular weight is 735 g/mol. The number of aromatic nitrogens is 4. The van der Waals surface area contributed by atoms with Crippen LogP contribution in [-0.2, 0) is 19.7 Å². The SMILES string of the molecule is CC(C)n1cnc2cc(-c3ccc4c(c3)N([C@H]3C[C@@H](N5CCCCC5)C3)C(=O)C43CCN(C(=O)C4(C)CCOCC4)CC3)nc(Nc3ccncc3F)c21. The maximum absolute atomic E-state index is 15.0. The number of hydrogen-bond acceptors (Lipinski definition) is 8. The Balaban J connectivity index is 1.07. The molecule has 1 aromatic carbocycles. The van der Waals surface area contributed by atoms with Crippen molar-refractivity contribution in [1.82, 2.24) is 29.3 Å². The lowest BCUT2D eigenvalue weighted by Gasteiger charge is -2.48. The summed E-state index contributed by atoms with van der Waals surface area (Å²) < 4.78 is 22.5. The Morgan fingerprint density at radius 3 is 2.46 bits per heavy atom. The van der Waals surface area contributed by atoms with Crippen LogP contribution in [0.2, 0.25) is 0 Å². The predicted molar refractivity (Wildman–Crippen MR) is 206 cm³/mol. The van der Waals surface area contributed by atoms with Crippen molar-refractivity contribution < 1.29 is 18.7 Å². The predicted octanol–water partition coefficient (Wildman–Crippen LogP) is 7.00. The second kappa shape index (κ2) is 13.7. The Morgan fingerprint density at radius 1 is 0.981 bits per heavy atom. The van der Waals surface area contributed by atoms with Gasteiger partial charge in [0.25, 0.3) is 0 Å². The summed E-state index contributed by atoms with van der Waals surface area (Å²) in [4.78, 5) is 49.4. The fourth-order valence-corrected chi connectivity index (χ4v) is 9.75. The third-order valence-corrected chi connectivity index (χ3v) is 13.2. The lowest BCUT2D eigenvalue weighted by Crippen LogP contribution is -2.59. The second-order valence-corrected chi connectivity index (χ2v) is 16.8. The normalized spacial score (nSPS) is 23.9. The first-order valence-electron chi connectivity index (χ1n) is 20.0. The molecule has 1 N–H and O–H groups in total. The van der Waals surface area contributed by atoms with E-state index in [1.165, 1.54) is 25.5 Å². The molecule has 3 aromatic heterocycles. The number of pyridine rings is 2. The number of imidazole rings is 1. The molecule has 284 valence electrons. The van der Waals surface area contributed by atoms with Crippen molar-refractivity contribution in [1.29, 1.82) is 0 Å². The number of amides is 2. The van der Waals surface area contributed by atoms with Crippen LogP contribution in [0.5, 0.6) is 0 Å². The molecule has 0 unspecified atom stereocenters. The van der Waals surface area contributed by atoms with Gasteiger partial charge in [-0.1, -0.05) is 25.5 Å². The van der Waals surface area contributed by atoms with Crippen LogP contribution in [0.1, 0.15) is 90.2 Å². The number of rotatable bonds is 7. The van der Waals surface area contributed by atoms with E-state index in [4.69, 9.17) is 14.7 Å². The van der Waals surface area contributed by atoms with Gasteiger partial charge in [0, 0.05) is 61.9 Å². The van der Waals surface area contributed by atoms with Gasteiger partial charge in [0.15, 0.2) is 11.6 Å². The number of halogens is 1. The molecule has 4 fully saturated rings. The van der Waals surface area contributed by atoms with E-state index in [-0.39, 0.29) is 29.6 Å². The molecule has 9 rings (SSSR count). The van der Waals surface area contributed by atoms with E-state index in [0.717, 1.165) is 66.6 Å². The van der Waals surface area contributed by atoms with Gasteiger partial charge in [0.05, 0.1) is 40.3 Å². The minimum Gasteiger partial charge on any atom is -0.381 e. The summed E-state index contributed by atoms with van der Waals surface area (Å²) >= 11 is 0. The van der Waals surface area contributed by atoms with Crippen molar-refractivity contribution in [2.24, 2.45) is 5.41 Å². The number of fused-ring (bicyclic) bond motifs is 3. The van der Waals surface area contributed by atoms with Crippen LogP contribution in [0.4, 0.5) is 21.6 Å². The van der Waals surface area contributed by atoms with Crippen LogP contribution in [0.3, 0.4) is 0 Å². The largest absolute Gasteiger partial charge is 0.381 e. The van der Waals surface area contributed by atoms with Crippen molar-refractivity contribution in [2.75, 3.05) is 49.6 Å².